The number of ether oxygens (including phenoxy) is 1. The fourth-order valence-corrected chi connectivity index (χ4v) is 3.17. The van der Waals surface area contributed by atoms with Gasteiger partial charge in [0.15, 0.2) is 0 Å². The van der Waals surface area contributed by atoms with Gasteiger partial charge >= 0.3 is 80.4 Å². The molecule has 0 aromatic rings. The molecule has 0 atom stereocenters. The van der Waals surface area contributed by atoms with Gasteiger partial charge < -0.3 is 0 Å². The summed E-state index contributed by atoms with van der Waals surface area (Å²) < 4.78 is 6.24. The van der Waals surface area contributed by atoms with Gasteiger partial charge in [-0.1, -0.05) is 0 Å². The summed E-state index contributed by atoms with van der Waals surface area (Å²) in [6.45, 7) is 4.52. The van der Waals surface area contributed by atoms with Crippen LogP contribution < -0.4 is 0 Å². The Morgan fingerprint density at radius 1 is 1.42 bits per heavy atom. The quantitative estimate of drug-likeness (QED) is 0.553. The van der Waals surface area contributed by atoms with Gasteiger partial charge in [-0.25, -0.2) is 0 Å². The van der Waals surface area contributed by atoms with Gasteiger partial charge in [0.05, 0.1) is 0 Å². The minimum atomic E-state index is -1.57. The predicted octanol–water partition coefficient (Wildman–Crippen LogP) is 3.08. The molecule has 0 N–H and O–H groups in total. The first-order chi connectivity index (χ1) is 5.45. The molecule has 0 bridgehead atoms. The van der Waals surface area contributed by atoms with Crippen molar-refractivity contribution in [1.82, 2.24) is 0 Å². The molecule has 0 unspecified atom stereocenters. The molecule has 0 aliphatic rings. The molecule has 0 saturated heterocycles. The molecule has 0 amide bonds. The maximum atomic E-state index is 4.95. The third kappa shape index (κ3) is 8.34. The molecule has 0 saturated carbocycles. The first-order valence-electron chi connectivity index (χ1n) is 4.29. The van der Waals surface area contributed by atoms with E-state index in [0.29, 0.717) is 6.61 Å². The van der Waals surface area contributed by atoms with E-state index in [1.54, 1.807) is 7.11 Å². The molecule has 0 fully saturated rings. The maximum absolute atomic E-state index is 4.95. The molecule has 70 valence electrons. The SMILES string of the molecule is C=C(/C=C\[CH2][Sn]([CH3])([CH3])[CH3])COC. The van der Waals surface area contributed by atoms with Crippen molar-refractivity contribution >= 4 is 18.4 Å². The Bertz CT molecular complexity index is 165. The zero-order valence-corrected chi connectivity index (χ0v) is 11.5. The number of allylic oxidation sites excluding steroid dienone is 1. The molecule has 0 rings (SSSR count). The van der Waals surface area contributed by atoms with Gasteiger partial charge in [-0.3, -0.25) is 0 Å². The van der Waals surface area contributed by atoms with Crippen molar-refractivity contribution < 1.29 is 4.74 Å². The molecular weight excluding hydrogens is 255 g/mol. The molecule has 0 radical (unpaired) electrons. The van der Waals surface area contributed by atoms with E-state index in [4.69, 9.17) is 4.74 Å². The topological polar surface area (TPSA) is 9.23 Å². The summed E-state index contributed by atoms with van der Waals surface area (Å²) in [6, 6.07) is 0. The molecule has 0 aliphatic heterocycles. The second kappa shape index (κ2) is 5.81. The van der Waals surface area contributed by atoms with Gasteiger partial charge in [-0.05, 0) is 0 Å². The molecule has 1 nitrogen and oxygen atoms in total. The van der Waals surface area contributed by atoms with Crippen molar-refractivity contribution in [1.29, 1.82) is 0 Å². The van der Waals surface area contributed by atoms with Gasteiger partial charge in [0, 0.05) is 0 Å². The van der Waals surface area contributed by atoms with Crippen LogP contribution in [0, 0.1) is 0 Å². The van der Waals surface area contributed by atoms with Gasteiger partial charge in [0.25, 0.3) is 0 Å². The monoisotopic (exact) mass is 276 g/mol. The summed E-state index contributed by atoms with van der Waals surface area (Å²) in [6.07, 6.45) is 4.34. The summed E-state index contributed by atoms with van der Waals surface area (Å²) in [7, 11) is 1.70. The van der Waals surface area contributed by atoms with Gasteiger partial charge in [-0.15, -0.1) is 0 Å². The van der Waals surface area contributed by atoms with Crippen molar-refractivity contribution in [3.63, 3.8) is 0 Å². The Morgan fingerprint density at radius 2 is 2.00 bits per heavy atom. The van der Waals surface area contributed by atoms with E-state index in [-0.39, 0.29) is 0 Å². The van der Waals surface area contributed by atoms with E-state index >= 15 is 0 Å². The summed E-state index contributed by atoms with van der Waals surface area (Å²) in [5, 5.41) is 0. The molecule has 0 aliphatic carbocycles. The van der Waals surface area contributed by atoms with E-state index < -0.39 is 18.4 Å². The summed E-state index contributed by atoms with van der Waals surface area (Å²) >= 11 is -1.57. The normalized spacial score (nSPS) is 12.3. The second-order valence-electron chi connectivity index (χ2n) is 4.26. The van der Waals surface area contributed by atoms with Crippen LogP contribution in [0.25, 0.3) is 0 Å². The van der Waals surface area contributed by atoms with Gasteiger partial charge in [0.2, 0.25) is 0 Å². The zero-order valence-electron chi connectivity index (χ0n) is 8.68. The molecular formula is C10H20OSn. The first-order valence-corrected chi connectivity index (χ1v) is 14.9. The standard InChI is InChI=1S/C7H11O.3CH3.Sn/c1-4-5-7(2)6-8-3;;;;/h4-5H,1-2,6H2,3H3;3*1H3;/b5-4-;;;;. The van der Waals surface area contributed by atoms with E-state index in [0.717, 1.165) is 5.57 Å². The van der Waals surface area contributed by atoms with Crippen LogP contribution in [0.2, 0.25) is 19.3 Å². The van der Waals surface area contributed by atoms with Crippen LogP contribution in [0.3, 0.4) is 0 Å². The van der Waals surface area contributed by atoms with Crippen LogP contribution in [-0.2, 0) is 4.74 Å². The Balaban J connectivity index is 3.69. The van der Waals surface area contributed by atoms with E-state index in [1.807, 2.05) is 0 Å². The number of hydrogen-bond acceptors (Lipinski definition) is 1. The Morgan fingerprint density at radius 3 is 2.42 bits per heavy atom. The molecule has 0 aromatic carbocycles. The van der Waals surface area contributed by atoms with Crippen molar-refractivity contribution in [3.05, 3.63) is 24.3 Å². The third-order valence-electron chi connectivity index (χ3n) is 1.41. The minimum absolute atomic E-state index is 0.649. The Hall–Kier alpha value is 0.239. The van der Waals surface area contributed by atoms with Gasteiger partial charge in [0.1, 0.15) is 0 Å². The fourth-order valence-electron chi connectivity index (χ4n) is 0.813. The van der Waals surface area contributed by atoms with Crippen LogP contribution in [0.1, 0.15) is 0 Å². The van der Waals surface area contributed by atoms with E-state index in [2.05, 4.69) is 33.5 Å². The Kier molecular flexibility index (Phi) is 5.93. The number of methoxy groups -OCH3 is 1. The van der Waals surface area contributed by atoms with Crippen LogP contribution in [-0.4, -0.2) is 32.1 Å². The summed E-state index contributed by atoms with van der Waals surface area (Å²) in [5.74, 6) is 0. The van der Waals surface area contributed by atoms with Crippen LogP contribution in [0.15, 0.2) is 24.3 Å². The van der Waals surface area contributed by atoms with Crippen molar-refractivity contribution in [2.75, 3.05) is 13.7 Å². The molecule has 12 heavy (non-hydrogen) atoms. The average molecular weight is 275 g/mol. The predicted molar refractivity (Wildman–Crippen MR) is 58.3 cm³/mol. The summed E-state index contributed by atoms with van der Waals surface area (Å²) in [4.78, 5) is 7.29. The fraction of sp³-hybridized carbons (Fsp3) is 0.600. The van der Waals surface area contributed by atoms with E-state index in [1.165, 1.54) is 4.44 Å². The van der Waals surface area contributed by atoms with Crippen molar-refractivity contribution in [3.8, 4) is 0 Å². The molecule has 0 aromatic heterocycles. The second-order valence-corrected chi connectivity index (χ2v) is 20.0. The average Bonchev–Trinajstić information content (AvgIpc) is 1.84. The van der Waals surface area contributed by atoms with E-state index in [9.17, 15) is 0 Å². The molecule has 0 spiro atoms. The van der Waals surface area contributed by atoms with Crippen LogP contribution >= 0.6 is 0 Å². The summed E-state index contributed by atoms with van der Waals surface area (Å²) in [5.41, 5.74) is 1.06. The number of rotatable bonds is 5. The van der Waals surface area contributed by atoms with Crippen LogP contribution in [0.4, 0.5) is 0 Å². The molecule has 2 heteroatoms. The van der Waals surface area contributed by atoms with Crippen LogP contribution in [0.5, 0.6) is 0 Å². The Labute approximate surface area is 80.4 Å². The zero-order chi connectivity index (χ0) is 9.61. The first kappa shape index (κ1) is 12.2. The van der Waals surface area contributed by atoms with Gasteiger partial charge in [-0.2, -0.15) is 0 Å². The molecule has 0 heterocycles. The van der Waals surface area contributed by atoms with Crippen molar-refractivity contribution in [2.45, 2.75) is 19.3 Å². The van der Waals surface area contributed by atoms with Crippen molar-refractivity contribution in [2.24, 2.45) is 0 Å². The third-order valence-corrected chi connectivity index (χ3v) is 5.58. The number of hydrogen-bond donors (Lipinski definition) is 0.